The number of nitrogens with zero attached hydrogens (tertiary/aromatic N) is 3. The third-order valence-corrected chi connectivity index (χ3v) is 8.57. The topological polar surface area (TPSA) is 361 Å². The van der Waals surface area contributed by atoms with Gasteiger partial charge >= 0.3 is 5.97 Å². The molecule has 24 heteroatoms. The summed E-state index contributed by atoms with van der Waals surface area (Å²) < 4.78 is 47.9. The van der Waals surface area contributed by atoms with Crippen molar-refractivity contribution in [1.82, 2.24) is 10.6 Å². The van der Waals surface area contributed by atoms with E-state index in [1.807, 2.05) is 0 Å². The van der Waals surface area contributed by atoms with Crippen LogP contribution in [0.3, 0.4) is 0 Å². The molecule has 0 aromatic heterocycles. The number of hydrogen-bond acceptors (Lipinski definition) is 18. The van der Waals surface area contributed by atoms with Gasteiger partial charge in [-0.3, -0.25) is 9.59 Å². The van der Waals surface area contributed by atoms with Gasteiger partial charge in [-0.1, -0.05) is 5.11 Å². The fraction of sp³-hybridized carbons (Fsp3) is 0.893. The molecule has 3 fully saturated rings. The number of rotatable bonds is 17. The minimum atomic E-state index is -3.10. The first-order chi connectivity index (χ1) is 24.5. The molecule has 23 nitrogen and oxygen atoms in total. The molecule has 3 aliphatic heterocycles. The van der Waals surface area contributed by atoms with E-state index in [9.17, 15) is 64.7 Å². The summed E-state index contributed by atoms with van der Waals surface area (Å²) >= 11 is 0. The van der Waals surface area contributed by atoms with E-state index in [-0.39, 0.29) is 19.6 Å². The van der Waals surface area contributed by atoms with Crippen LogP contribution in [0.4, 0.5) is 4.39 Å². The van der Waals surface area contributed by atoms with Crippen LogP contribution >= 0.6 is 0 Å². The van der Waals surface area contributed by atoms with Gasteiger partial charge in [-0.25, -0.2) is 9.18 Å². The van der Waals surface area contributed by atoms with Gasteiger partial charge in [0.05, 0.1) is 25.4 Å². The standard InChI is InChI=1S/C28H46FN5O18/c1-10(37)32-16-12(39)6-28(27(45)46,51-23(16)18(41)13(40)8-35)52-24-19(42)14(7-29)48-26(21(24)44)50-22-17(33-11(2)38)25(47-5-3-4-31-34-30)49-15(9-36)20(22)43/h12-26,35-36,39-44H,3-9H2,1-2H3,(H,32,37)(H,33,38)(H,45,46)/t12-,13+,14+,15+,16+,17+,18+,19-,20-,21+,22+,23+,24-,25-,26-,28-/m0/s1. The lowest BCUT2D eigenvalue weighted by atomic mass is 9.88. The number of hydrogen-bond donors (Lipinski definition) is 11. The molecular weight excluding hydrogens is 713 g/mol. The molecule has 3 aliphatic rings. The Hall–Kier alpha value is -2.91. The predicted molar refractivity (Wildman–Crippen MR) is 163 cm³/mol. The second-order valence-corrected chi connectivity index (χ2v) is 12.4. The minimum absolute atomic E-state index is 0.0185. The maximum Gasteiger partial charge on any atom is 0.364 e. The molecule has 16 atom stereocenters. The number of nitrogens with one attached hydrogen (secondary N) is 2. The molecule has 0 aliphatic carbocycles. The van der Waals surface area contributed by atoms with E-state index in [4.69, 9.17) is 34.0 Å². The van der Waals surface area contributed by atoms with E-state index in [1.54, 1.807) is 0 Å². The Bertz CT molecular complexity index is 1250. The van der Waals surface area contributed by atoms with Gasteiger partial charge in [0.15, 0.2) is 12.6 Å². The number of aliphatic hydroxyl groups excluding tert-OH is 8. The lowest BCUT2D eigenvalue weighted by Gasteiger charge is -2.51. The molecule has 0 radical (unpaired) electrons. The number of aliphatic hydroxyl groups is 8. The monoisotopic (exact) mass is 759 g/mol. The van der Waals surface area contributed by atoms with Crippen molar-refractivity contribution in [2.45, 2.75) is 124 Å². The average Bonchev–Trinajstić information content (AvgIpc) is 3.09. The number of aliphatic carboxylic acids is 1. The second-order valence-electron chi connectivity index (χ2n) is 12.4. The maximum atomic E-state index is 14.3. The number of ether oxygens (including phenoxy) is 6. The second kappa shape index (κ2) is 19.4. The van der Waals surface area contributed by atoms with Crippen LogP contribution < -0.4 is 10.6 Å². The Kier molecular flexibility index (Phi) is 16.2. The number of alkyl halides is 1. The van der Waals surface area contributed by atoms with Gasteiger partial charge in [0.2, 0.25) is 11.8 Å². The molecule has 52 heavy (non-hydrogen) atoms. The van der Waals surface area contributed by atoms with Gasteiger partial charge in [-0.05, 0) is 12.0 Å². The first-order valence-corrected chi connectivity index (χ1v) is 16.1. The molecule has 0 aromatic rings. The van der Waals surface area contributed by atoms with Crippen molar-refractivity contribution < 1.29 is 93.2 Å². The van der Waals surface area contributed by atoms with Crippen molar-refractivity contribution in [3.8, 4) is 0 Å². The van der Waals surface area contributed by atoms with E-state index < -0.39 is 142 Å². The van der Waals surface area contributed by atoms with Crippen LogP contribution in [-0.2, 0) is 42.8 Å². The highest BCUT2D eigenvalue weighted by atomic mass is 19.1. The molecule has 3 rings (SSSR count). The fourth-order valence-corrected chi connectivity index (χ4v) is 6.04. The number of amides is 2. The van der Waals surface area contributed by atoms with Gasteiger partial charge < -0.3 is 85.0 Å². The minimum Gasteiger partial charge on any atom is -0.477 e. The van der Waals surface area contributed by atoms with Crippen molar-refractivity contribution >= 4 is 17.8 Å². The van der Waals surface area contributed by atoms with E-state index in [0.29, 0.717) is 0 Å². The van der Waals surface area contributed by atoms with Crippen LogP contribution in [0.5, 0.6) is 0 Å². The van der Waals surface area contributed by atoms with Crippen LogP contribution in [0.15, 0.2) is 5.11 Å². The van der Waals surface area contributed by atoms with Gasteiger partial charge in [0.25, 0.3) is 5.79 Å². The van der Waals surface area contributed by atoms with Crippen LogP contribution in [-0.4, -0.2) is 194 Å². The lowest BCUT2D eigenvalue weighted by Crippen LogP contribution is -2.71. The molecule has 3 heterocycles. The third-order valence-electron chi connectivity index (χ3n) is 8.57. The van der Waals surface area contributed by atoms with E-state index in [2.05, 4.69) is 20.7 Å². The SMILES string of the molecule is CC(=O)N[C@H]1[C@@H](OCCCN=[N+]=[N-])O[C@H](CO)[C@H](O)[C@@H]1O[C@@H]1O[C@H](CF)[C@H](O)[C@H](O[C@]2(C(=O)O)C[C@H](O)[C@@H](NC(C)=O)[C@H]([C@H](O)[C@H](O)CO)O2)[C@H]1O. The summed E-state index contributed by atoms with van der Waals surface area (Å²) in [4.78, 5) is 39.4. The zero-order chi connectivity index (χ0) is 38.9. The summed E-state index contributed by atoms with van der Waals surface area (Å²) in [5.74, 6) is -6.58. The number of carboxylic acid groups (broad SMARTS) is 1. The van der Waals surface area contributed by atoms with Crippen molar-refractivity contribution in [1.29, 1.82) is 0 Å². The van der Waals surface area contributed by atoms with Crippen molar-refractivity contribution in [2.24, 2.45) is 5.11 Å². The zero-order valence-corrected chi connectivity index (χ0v) is 28.0. The Morgan fingerprint density at radius 1 is 0.981 bits per heavy atom. The number of carbonyl (C=O) groups excluding carboxylic acids is 2. The average molecular weight is 760 g/mol. The van der Waals surface area contributed by atoms with Gasteiger partial charge in [0, 0.05) is 38.3 Å². The normalized spacial score (nSPS) is 39.1. The summed E-state index contributed by atoms with van der Waals surface area (Å²) in [5, 5.41) is 103. The predicted octanol–water partition coefficient (Wildman–Crippen LogP) is -5.38. The van der Waals surface area contributed by atoms with Gasteiger partial charge in [-0.2, -0.15) is 0 Å². The first-order valence-electron chi connectivity index (χ1n) is 16.1. The fourth-order valence-electron chi connectivity index (χ4n) is 6.04. The number of carbonyl (C=O) groups is 3. The number of halogens is 1. The van der Waals surface area contributed by atoms with Crippen LogP contribution in [0.1, 0.15) is 26.7 Å². The van der Waals surface area contributed by atoms with Crippen LogP contribution in [0.2, 0.25) is 0 Å². The third kappa shape index (κ3) is 10.2. The van der Waals surface area contributed by atoms with E-state index >= 15 is 0 Å². The Morgan fingerprint density at radius 3 is 2.15 bits per heavy atom. The summed E-state index contributed by atoms with van der Waals surface area (Å²) in [6.07, 6.45) is -26.0. The summed E-state index contributed by atoms with van der Waals surface area (Å²) in [7, 11) is 0. The molecule has 0 saturated carbocycles. The molecule has 3 saturated heterocycles. The van der Waals surface area contributed by atoms with Crippen molar-refractivity contribution in [2.75, 3.05) is 33.0 Å². The van der Waals surface area contributed by atoms with Crippen molar-refractivity contribution in [3.05, 3.63) is 10.4 Å². The summed E-state index contributed by atoms with van der Waals surface area (Å²) in [6.45, 7) is -1.37. The highest BCUT2D eigenvalue weighted by Gasteiger charge is 2.60. The van der Waals surface area contributed by atoms with Gasteiger partial charge in [-0.15, -0.1) is 0 Å². The smallest absolute Gasteiger partial charge is 0.364 e. The maximum absolute atomic E-state index is 14.3. The number of azide groups is 1. The molecule has 11 N–H and O–H groups in total. The van der Waals surface area contributed by atoms with E-state index in [0.717, 1.165) is 13.8 Å². The summed E-state index contributed by atoms with van der Waals surface area (Å²) in [5.41, 5.74) is 8.49. The van der Waals surface area contributed by atoms with Crippen LogP contribution in [0, 0.1) is 0 Å². The molecule has 298 valence electrons. The Balaban J connectivity index is 1.97. The van der Waals surface area contributed by atoms with Crippen molar-refractivity contribution in [3.63, 3.8) is 0 Å². The molecular formula is C28H46FN5O18. The Labute approximate surface area is 294 Å². The first kappa shape index (κ1) is 43.5. The van der Waals surface area contributed by atoms with E-state index in [1.165, 1.54) is 0 Å². The number of carboxylic acids is 1. The molecule has 0 bridgehead atoms. The molecule has 2 amide bonds. The Morgan fingerprint density at radius 2 is 1.60 bits per heavy atom. The lowest BCUT2D eigenvalue weighted by molar-refractivity contribution is -0.380. The molecule has 0 unspecified atom stereocenters. The largest absolute Gasteiger partial charge is 0.477 e. The highest BCUT2D eigenvalue weighted by molar-refractivity contribution is 5.76. The molecule has 0 aromatic carbocycles. The highest BCUT2D eigenvalue weighted by Crippen LogP contribution is 2.38. The van der Waals surface area contributed by atoms with Gasteiger partial charge in [0.1, 0.15) is 73.8 Å². The zero-order valence-electron chi connectivity index (χ0n) is 28.0. The quantitative estimate of drug-likeness (QED) is 0.0285. The molecule has 0 spiro atoms. The summed E-state index contributed by atoms with van der Waals surface area (Å²) in [6, 6.07) is -3.01. The van der Waals surface area contributed by atoms with Crippen LogP contribution in [0.25, 0.3) is 10.4 Å².